The van der Waals surface area contributed by atoms with E-state index in [1.807, 2.05) is 32.0 Å². The van der Waals surface area contributed by atoms with E-state index in [2.05, 4.69) is 22.8 Å². The highest BCUT2D eigenvalue weighted by atomic mass is 32.2. The molecule has 2 aromatic rings. The van der Waals surface area contributed by atoms with Crippen LogP contribution in [0.5, 0.6) is 0 Å². The number of nitrogens with one attached hydrogen (secondary N) is 2. The zero-order valence-electron chi connectivity index (χ0n) is 13.8. The molecule has 0 radical (unpaired) electrons. The van der Waals surface area contributed by atoms with Crippen molar-refractivity contribution in [1.82, 2.24) is 5.32 Å². The van der Waals surface area contributed by atoms with E-state index >= 15 is 0 Å². The molecule has 4 nitrogen and oxygen atoms in total. The second-order valence-corrected chi connectivity index (χ2v) is 7.82. The van der Waals surface area contributed by atoms with E-state index in [1.54, 1.807) is 11.8 Å². The van der Waals surface area contributed by atoms with E-state index < -0.39 is 0 Å². The zero-order valence-corrected chi connectivity index (χ0v) is 16.3. The Morgan fingerprint density at radius 1 is 1.29 bits per heavy atom. The lowest BCUT2D eigenvalue weighted by Gasteiger charge is -2.10. The van der Waals surface area contributed by atoms with Gasteiger partial charge in [-0.15, -0.1) is 23.1 Å². The summed E-state index contributed by atoms with van der Waals surface area (Å²) in [6.07, 6.45) is 0. The summed E-state index contributed by atoms with van der Waals surface area (Å²) in [7, 11) is 1.38. The predicted molar refractivity (Wildman–Crippen MR) is 107 cm³/mol. The summed E-state index contributed by atoms with van der Waals surface area (Å²) in [5, 5.41) is 7.52. The third kappa shape index (κ3) is 4.96. The molecule has 24 heavy (non-hydrogen) atoms. The van der Waals surface area contributed by atoms with Crippen LogP contribution < -0.4 is 10.6 Å². The highest BCUT2D eigenvalue weighted by Gasteiger charge is 2.20. The van der Waals surface area contributed by atoms with Gasteiger partial charge in [-0.2, -0.15) is 0 Å². The lowest BCUT2D eigenvalue weighted by atomic mass is 10.1. The number of aryl methyl sites for hydroxylation is 1. The quantitative estimate of drug-likeness (QED) is 0.338. The van der Waals surface area contributed by atoms with E-state index in [4.69, 9.17) is 17.0 Å². The fourth-order valence-electron chi connectivity index (χ4n) is 2.06. The van der Waals surface area contributed by atoms with Crippen LogP contribution in [0.4, 0.5) is 5.00 Å². The number of carbonyl (C=O) groups excluding carboxylic acids is 1. The first-order chi connectivity index (χ1) is 11.5. The Balaban J connectivity index is 1.86. The number of thiophene rings is 1. The topological polar surface area (TPSA) is 50.4 Å². The molecule has 0 saturated carbocycles. The third-order valence-electron chi connectivity index (χ3n) is 3.40. The second-order valence-electron chi connectivity index (χ2n) is 5.02. The van der Waals surface area contributed by atoms with Crippen LogP contribution in [-0.4, -0.2) is 30.5 Å². The molecule has 0 aliphatic rings. The second kappa shape index (κ2) is 9.05. The number of methoxy groups -OCH3 is 1. The van der Waals surface area contributed by atoms with Crippen molar-refractivity contribution in [1.29, 1.82) is 0 Å². The summed E-state index contributed by atoms with van der Waals surface area (Å²) in [4.78, 5) is 14.2. The van der Waals surface area contributed by atoms with Crippen molar-refractivity contribution in [3.05, 3.63) is 46.3 Å². The first kappa shape index (κ1) is 18.8. The zero-order chi connectivity index (χ0) is 17.5. The Hall–Kier alpha value is -1.57. The maximum atomic E-state index is 11.9. The molecular formula is C17H20N2O2S3. The minimum Gasteiger partial charge on any atom is -0.465 e. The van der Waals surface area contributed by atoms with Crippen molar-refractivity contribution in [3.63, 3.8) is 0 Å². The normalized spacial score (nSPS) is 10.3. The number of rotatable bonds is 6. The standard InChI is InChI=1S/C17H20N2O2S3/c1-11-12(2)24-15(14(11)16(20)21-3)19-17(22)18-9-10-23-13-7-5-4-6-8-13/h4-8H,9-10H2,1-3H3,(H2,18,19,22). The van der Waals surface area contributed by atoms with Crippen LogP contribution in [-0.2, 0) is 4.74 Å². The number of thiocarbonyl (C=S) groups is 1. The molecule has 0 aliphatic heterocycles. The molecule has 0 aliphatic carbocycles. The predicted octanol–water partition coefficient (Wildman–Crippen LogP) is 4.23. The Morgan fingerprint density at radius 3 is 2.67 bits per heavy atom. The van der Waals surface area contributed by atoms with Gasteiger partial charge in [0.05, 0.1) is 12.7 Å². The molecular weight excluding hydrogens is 360 g/mol. The number of ether oxygens (including phenoxy) is 1. The molecule has 0 fully saturated rings. The van der Waals surface area contributed by atoms with E-state index in [1.165, 1.54) is 23.3 Å². The minimum absolute atomic E-state index is 0.346. The van der Waals surface area contributed by atoms with Crippen LogP contribution in [0.25, 0.3) is 0 Å². The van der Waals surface area contributed by atoms with Gasteiger partial charge in [0.15, 0.2) is 5.11 Å². The van der Waals surface area contributed by atoms with Crippen LogP contribution in [0.1, 0.15) is 20.8 Å². The molecule has 0 saturated heterocycles. The molecule has 1 heterocycles. The van der Waals surface area contributed by atoms with Crippen LogP contribution in [0.2, 0.25) is 0 Å². The highest BCUT2D eigenvalue weighted by Crippen LogP contribution is 2.32. The van der Waals surface area contributed by atoms with Gasteiger partial charge in [0.25, 0.3) is 0 Å². The fraction of sp³-hybridized carbons (Fsp3) is 0.294. The van der Waals surface area contributed by atoms with Gasteiger partial charge in [0, 0.05) is 22.1 Å². The molecule has 0 atom stereocenters. The molecule has 2 rings (SSSR count). The van der Waals surface area contributed by atoms with Crippen LogP contribution >= 0.6 is 35.3 Å². The Morgan fingerprint density at radius 2 is 2.00 bits per heavy atom. The van der Waals surface area contributed by atoms with Gasteiger partial charge >= 0.3 is 5.97 Å². The number of anilines is 1. The van der Waals surface area contributed by atoms with Crippen molar-refractivity contribution >= 4 is 51.4 Å². The third-order valence-corrected chi connectivity index (χ3v) is 5.78. The Bertz CT molecular complexity index is 714. The first-order valence-electron chi connectivity index (χ1n) is 7.44. The first-order valence-corrected chi connectivity index (χ1v) is 9.65. The van der Waals surface area contributed by atoms with Crippen molar-refractivity contribution in [2.45, 2.75) is 18.7 Å². The smallest absolute Gasteiger partial charge is 0.341 e. The Labute approximate surface area is 156 Å². The minimum atomic E-state index is -0.346. The van der Waals surface area contributed by atoms with Gasteiger partial charge in [-0.05, 0) is 43.8 Å². The number of thioether (sulfide) groups is 1. The number of benzene rings is 1. The SMILES string of the molecule is COC(=O)c1c(NC(=S)NCCSc2ccccc2)sc(C)c1C. The highest BCUT2D eigenvalue weighted by molar-refractivity contribution is 7.99. The number of hydrogen-bond donors (Lipinski definition) is 2. The molecule has 0 unspecified atom stereocenters. The number of carbonyl (C=O) groups is 1. The average Bonchev–Trinajstić information content (AvgIpc) is 2.86. The largest absolute Gasteiger partial charge is 0.465 e. The van der Waals surface area contributed by atoms with Gasteiger partial charge in [0.2, 0.25) is 0 Å². The summed E-state index contributed by atoms with van der Waals surface area (Å²) in [6.45, 7) is 4.63. The molecule has 0 bridgehead atoms. The fourth-order valence-corrected chi connectivity index (χ4v) is 4.17. The summed E-state index contributed by atoms with van der Waals surface area (Å²) >= 11 is 8.59. The maximum absolute atomic E-state index is 11.9. The summed E-state index contributed by atoms with van der Waals surface area (Å²) in [5.74, 6) is 0.555. The molecule has 128 valence electrons. The molecule has 2 N–H and O–H groups in total. The van der Waals surface area contributed by atoms with E-state index in [9.17, 15) is 4.79 Å². The summed E-state index contributed by atoms with van der Waals surface area (Å²) in [6, 6.07) is 10.2. The van der Waals surface area contributed by atoms with Crippen molar-refractivity contribution in [2.75, 3.05) is 24.7 Å². The van der Waals surface area contributed by atoms with Gasteiger partial charge in [-0.25, -0.2) is 4.79 Å². The van der Waals surface area contributed by atoms with Crippen LogP contribution in [0.3, 0.4) is 0 Å². The van der Waals surface area contributed by atoms with Gasteiger partial charge in [-0.3, -0.25) is 0 Å². The Kier molecular flexibility index (Phi) is 7.08. The maximum Gasteiger partial charge on any atom is 0.341 e. The van der Waals surface area contributed by atoms with E-state index in [0.29, 0.717) is 10.7 Å². The van der Waals surface area contributed by atoms with Crippen molar-refractivity contribution in [3.8, 4) is 0 Å². The molecule has 0 amide bonds. The average molecular weight is 381 g/mol. The van der Waals surface area contributed by atoms with E-state index in [-0.39, 0.29) is 5.97 Å². The molecule has 1 aromatic heterocycles. The van der Waals surface area contributed by atoms with Gasteiger partial charge in [-0.1, -0.05) is 18.2 Å². The summed E-state index contributed by atoms with van der Waals surface area (Å²) in [5.41, 5.74) is 1.49. The van der Waals surface area contributed by atoms with Gasteiger partial charge < -0.3 is 15.4 Å². The molecule has 0 spiro atoms. The lowest BCUT2D eigenvalue weighted by molar-refractivity contribution is 0.0601. The lowest BCUT2D eigenvalue weighted by Crippen LogP contribution is -2.30. The molecule has 1 aromatic carbocycles. The van der Waals surface area contributed by atoms with Crippen molar-refractivity contribution in [2.24, 2.45) is 0 Å². The number of hydrogen-bond acceptors (Lipinski definition) is 5. The van der Waals surface area contributed by atoms with Crippen LogP contribution in [0.15, 0.2) is 35.2 Å². The van der Waals surface area contributed by atoms with Crippen molar-refractivity contribution < 1.29 is 9.53 Å². The number of esters is 1. The molecule has 7 heteroatoms. The van der Waals surface area contributed by atoms with Gasteiger partial charge in [0.1, 0.15) is 5.00 Å². The summed E-state index contributed by atoms with van der Waals surface area (Å²) < 4.78 is 4.86. The van der Waals surface area contributed by atoms with Crippen LogP contribution in [0, 0.1) is 13.8 Å². The monoisotopic (exact) mass is 380 g/mol. The van der Waals surface area contributed by atoms with E-state index in [0.717, 1.165) is 27.7 Å².